The fraction of sp³-hybridized carbons (Fsp3) is 0.333. The van der Waals surface area contributed by atoms with Gasteiger partial charge >= 0.3 is 11.8 Å². The van der Waals surface area contributed by atoms with Gasteiger partial charge in [0.15, 0.2) is 11.4 Å². The highest BCUT2D eigenvalue weighted by Crippen LogP contribution is 2.13. The summed E-state index contributed by atoms with van der Waals surface area (Å²) in [7, 11) is 0. The Balaban J connectivity index is 2.44. The van der Waals surface area contributed by atoms with Gasteiger partial charge in [0.25, 0.3) is 0 Å². The lowest BCUT2D eigenvalue weighted by Gasteiger charge is -2.09. The lowest BCUT2D eigenvalue weighted by Crippen LogP contribution is -2.40. The maximum atomic E-state index is 11.7. The van der Waals surface area contributed by atoms with Gasteiger partial charge < -0.3 is 9.94 Å². The Morgan fingerprint density at radius 3 is 2.78 bits per heavy atom. The monoisotopic (exact) mass is 247 g/mol. The van der Waals surface area contributed by atoms with Crippen LogP contribution in [0.1, 0.15) is 25.6 Å². The first-order valence-corrected chi connectivity index (χ1v) is 5.66. The van der Waals surface area contributed by atoms with E-state index in [1.807, 2.05) is 0 Å². The number of benzene rings is 1. The van der Waals surface area contributed by atoms with E-state index in [2.05, 4.69) is 10.1 Å². The van der Waals surface area contributed by atoms with Crippen LogP contribution in [0.15, 0.2) is 24.3 Å². The summed E-state index contributed by atoms with van der Waals surface area (Å²) in [6.45, 7) is 3.55. The molecule has 6 heteroatoms. The smallest absolute Gasteiger partial charge is 0.337 e. The van der Waals surface area contributed by atoms with Crippen LogP contribution < -0.4 is 4.85 Å². The second-order valence-electron chi connectivity index (χ2n) is 3.81. The Kier molecular flexibility index (Phi) is 3.36. The Hall–Kier alpha value is -2.24. The lowest BCUT2D eigenvalue weighted by atomic mass is 10.1. The van der Waals surface area contributed by atoms with Crippen LogP contribution in [0.3, 0.4) is 0 Å². The predicted octanol–water partition coefficient (Wildman–Crippen LogP) is 0.930. The summed E-state index contributed by atoms with van der Waals surface area (Å²) >= 11 is 0. The van der Waals surface area contributed by atoms with Gasteiger partial charge in [0, 0.05) is 0 Å². The molecule has 1 aromatic carbocycles. The largest absolute Gasteiger partial charge is 0.691 e. The van der Waals surface area contributed by atoms with Crippen LogP contribution in [0.2, 0.25) is 0 Å². The summed E-state index contributed by atoms with van der Waals surface area (Å²) in [6, 6.07) is 7.00. The van der Waals surface area contributed by atoms with Crippen molar-refractivity contribution in [3.8, 4) is 0 Å². The number of fused-ring (bicyclic) bond motifs is 1. The molecule has 0 fully saturated rings. The number of aromatic nitrogens is 3. The molecule has 18 heavy (non-hydrogen) atoms. The van der Waals surface area contributed by atoms with Crippen LogP contribution in [-0.4, -0.2) is 22.7 Å². The molecule has 0 aliphatic rings. The lowest BCUT2D eigenvalue weighted by molar-refractivity contribution is -0.678. The molecule has 0 amide bonds. The van der Waals surface area contributed by atoms with Gasteiger partial charge in [0.1, 0.15) is 0 Å². The van der Waals surface area contributed by atoms with Crippen molar-refractivity contribution >= 4 is 17.0 Å². The SMILES string of the molecule is CCOC(=O)C(C)c1nc2ccccc2n[n+]1[O-]. The third kappa shape index (κ3) is 2.22. The minimum atomic E-state index is -0.737. The van der Waals surface area contributed by atoms with Crippen LogP contribution in [0.25, 0.3) is 11.0 Å². The molecule has 0 saturated heterocycles. The maximum absolute atomic E-state index is 11.7. The van der Waals surface area contributed by atoms with Crippen molar-refractivity contribution in [2.24, 2.45) is 0 Å². The number of nitrogens with zero attached hydrogens (tertiary/aromatic N) is 3. The van der Waals surface area contributed by atoms with Crippen LogP contribution in [0, 0.1) is 5.21 Å². The molecular formula is C12H13N3O3. The molecule has 94 valence electrons. The van der Waals surface area contributed by atoms with Gasteiger partial charge in [-0.2, -0.15) is 0 Å². The van der Waals surface area contributed by atoms with E-state index < -0.39 is 11.9 Å². The molecular weight excluding hydrogens is 234 g/mol. The van der Waals surface area contributed by atoms with E-state index in [-0.39, 0.29) is 12.4 Å². The fourth-order valence-corrected chi connectivity index (χ4v) is 1.59. The average molecular weight is 247 g/mol. The van der Waals surface area contributed by atoms with Crippen molar-refractivity contribution in [1.29, 1.82) is 0 Å². The quantitative estimate of drug-likeness (QED) is 0.458. The topological polar surface area (TPSA) is 79.0 Å². The van der Waals surface area contributed by atoms with E-state index in [1.165, 1.54) is 0 Å². The van der Waals surface area contributed by atoms with E-state index in [0.717, 1.165) is 0 Å². The van der Waals surface area contributed by atoms with Crippen molar-refractivity contribution in [3.63, 3.8) is 0 Å². The maximum Gasteiger partial charge on any atom is 0.337 e. The van der Waals surface area contributed by atoms with Gasteiger partial charge in [0.2, 0.25) is 5.52 Å². The third-order valence-electron chi connectivity index (χ3n) is 2.54. The highest BCUT2D eigenvalue weighted by Gasteiger charge is 2.28. The third-order valence-corrected chi connectivity index (χ3v) is 2.54. The van der Waals surface area contributed by atoms with Crippen molar-refractivity contribution in [3.05, 3.63) is 35.3 Å². The van der Waals surface area contributed by atoms with Crippen molar-refractivity contribution in [1.82, 2.24) is 10.1 Å². The molecule has 0 N–H and O–H groups in total. The zero-order valence-electron chi connectivity index (χ0n) is 10.2. The Morgan fingerprint density at radius 1 is 1.44 bits per heavy atom. The van der Waals surface area contributed by atoms with Gasteiger partial charge in [0.05, 0.1) is 6.61 Å². The number of carbonyl (C=O) groups excluding carboxylic acids is 1. The number of esters is 1. The molecule has 2 rings (SSSR count). The normalized spacial score (nSPS) is 12.3. The molecule has 0 spiro atoms. The van der Waals surface area contributed by atoms with Crippen LogP contribution >= 0.6 is 0 Å². The number of hydrogen-bond donors (Lipinski definition) is 0. The van der Waals surface area contributed by atoms with E-state index in [4.69, 9.17) is 4.74 Å². The zero-order chi connectivity index (χ0) is 13.1. The first kappa shape index (κ1) is 12.2. The molecule has 0 bridgehead atoms. The van der Waals surface area contributed by atoms with Crippen LogP contribution in [-0.2, 0) is 9.53 Å². The number of para-hydroxylation sites is 1. The molecule has 0 radical (unpaired) electrons. The molecule has 2 aromatic rings. The van der Waals surface area contributed by atoms with E-state index in [1.54, 1.807) is 38.1 Å². The molecule has 0 aliphatic heterocycles. The van der Waals surface area contributed by atoms with Crippen LogP contribution in [0.4, 0.5) is 0 Å². The average Bonchev–Trinajstić information content (AvgIpc) is 2.37. The minimum absolute atomic E-state index is 0.0483. The van der Waals surface area contributed by atoms with Gasteiger partial charge in [-0.05, 0) is 31.0 Å². The van der Waals surface area contributed by atoms with Crippen LogP contribution in [0.5, 0.6) is 0 Å². The Labute approximate surface area is 104 Å². The second-order valence-corrected chi connectivity index (χ2v) is 3.81. The fourth-order valence-electron chi connectivity index (χ4n) is 1.59. The number of rotatable bonds is 3. The molecule has 6 nitrogen and oxygen atoms in total. The molecule has 1 unspecified atom stereocenters. The highest BCUT2D eigenvalue weighted by atomic mass is 16.5. The Morgan fingerprint density at radius 2 is 2.11 bits per heavy atom. The first-order valence-electron chi connectivity index (χ1n) is 5.66. The second kappa shape index (κ2) is 4.95. The summed E-state index contributed by atoms with van der Waals surface area (Å²) in [5, 5.41) is 15.5. The van der Waals surface area contributed by atoms with E-state index in [9.17, 15) is 10.0 Å². The summed E-state index contributed by atoms with van der Waals surface area (Å²) in [5.74, 6) is -1.17. The number of carbonyl (C=O) groups is 1. The van der Waals surface area contributed by atoms with Crippen molar-refractivity contribution in [2.75, 3.05) is 6.61 Å². The van der Waals surface area contributed by atoms with Crippen molar-refractivity contribution < 1.29 is 14.4 Å². The first-order chi connectivity index (χ1) is 8.63. The Bertz CT molecular complexity index is 586. The van der Waals surface area contributed by atoms with E-state index >= 15 is 0 Å². The minimum Gasteiger partial charge on any atom is -0.691 e. The molecule has 1 aromatic heterocycles. The summed E-state index contributed by atoms with van der Waals surface area (Å²) in [4.78, 5) is 16.1. The summed E-state index contributed by atoms with van der Waals surface area (Å²) in [6.07, 6.45) is 0. The van der Waals surface area contributed by atoms with Gasteiger partial charge in [-0.3, -0.25) is 4.79 Å². The van der Waals surface area contributed by atoms with Gasteiger partial charge in [-0.15, -0.1) is 4.85 Å². The zero-order valence-corrected chi connectivity index (χ0v) is 10.2. The molecule has 0 aliphatic carbocycles. The summed E-state index contributed by atoms with van der Waals surface area (Å²) in [5.41, 5.74) is 1.07. The molecule has 0 saturated carbocycles. The van der Waals surface area contributed by atoms with Gasteiger partial charge in [-0.1, -0.05) is 17.2 Å². The highest BCUT2D eigenvalue weighted by molar-refractivity contribution is 5.77. The standard InChI is InChI=1S/C12H13N3O3/c1-3-18-12(16)8(2)11-13-9-6-4-5-7-10(9)14-15(11)17/h4-8H,3H2,1-2H3. The number of hydrogen-bond acceptors (Lipinski definition) is 5. The number of ether oxygens (including phenoxy) is 1. The molecule has 1 atom stereocenters. The predicted molar refractivity (Wildman–Crippen MR) is 63.5 cm³/mol. The summed E-state index contributed by atoms with van der Waals surface area (Å²) < 4.78 is 4.87. The van der Waals surface area contributed by atoms with E-state index in [0.29, 0.717) is 15.9 Å². The molecule has 1 heterocycles. The van der Waals surface area contributed by atoms with Gasteiger partial charge in [-0.25, -0.2) is 0 Å². The van der Waals surface area contributed by atoms with Crippen molar-refractivity contribution in [2.45, 2.75) is 19.8 Å².